The van der Waals surface area contributed by atoms with Crippen LogP contribution in [0.1, 0.15) is 31.2 Å². The number of Topliss-reactive ketones (excluding diaryl/α,β-unsaturated/α-hetero) is 1. The number of hydrogen-bond acceptors (Lipinski definition) is 5. The van der Waals surface area contributed by atoms with Gasteiger partial charge in [-0.1, -0.05) is 48.0 Å². The maximum Gasteiger partial charge on any atom is 0.273 e. The Morgan fingerprint density at radius 3 is 2.38 bits per heavy atom. The fourth-order valence-electron chi connectivity index (χ4n) is 3.51. The molecule has 0 amide bonds. The van der Waals surface area contributed by atoms with E-state index in [1.165, 1.54) is 15.9 Å². The van der Waals surface area contributed by atoms with Crippen LogP contribution in [0.3, 0.4) is 0 Å². The van der Waals surface area contributed by atoms with Gasteiger partial charge in [-0.25, -0.2) is 0 Å². The Morgan fingerprint density at radius 2 is 1.75 bits per heavy atom. The molecule has 2 heterocycles. The van der Waals surface area contributed by atoms with Crippen molar-refractivity contribution in [2.24, 2.45) is 0 Å². The van der Waals surface area contributed by atoms with Crippen molar-refractivity contribution >= 4 is 40.1 Å². The molecule has 0 aliphatic rings. The number of carbonyl (C=O) groups is 1. The standard InChI is InChI=1S/C26H20N2O2S2/c1-16-9-12-22(17(2)13-16)28-25(30)23(14-20-11-10-18(3)31-20)32-26(28)21(15-27)24(29)19-7-5-4-6-8-19/h4-14H,1-3H3/b23-14-,26-21+. The molecule has 4 rings (SSSR count). The number of aromatic nitrogens is 1. The van der Waals surface area contributed by atoms with Gasteiger partial charge in [-0.2, -0.15) is 5.26 Å². The molecule has 0 unspecified atom stereocenters. The van der Waals surface area contributed by atoms with Crippen molar-refractivity contribution in [1.82, 2.24) is 4.57 Å². The second-order valence-corrected chi connectivity index (χ2v) is 9.83. The third kappa shape index (κ3) is 4.13. The Balaban J connectivity index is 2.09. The summed E-state index contributed by atoms with van der Waals surface area (Å²) in [5.41, 5.74) is 2.77. The van der Waals surface area contributed by atoms with Crippen LogP contribution in [0.5, 0.6) is 0 Å². The minimum absolute atomic E-state index is 0.0414. The number of rotatable bonds is 4. The number of thiazole rings is 1. The van der Waals surface area contributed by atoms with Crippen LogP contribution in [-0.2, 0) is 0 Å². The van der Waals surface area contributed by atoms with Gasteiger partial charge in [0.15, 0.2) is 0 Å². The summed E-state index contributed by atoms with van der Waals surface area (Å²) in [6.45, 7) is 5.92. The average Bonchev–Trinajstić information content (AvgIpc) is 3.33. The number of benzene rings is 2. The monoisotopic (exact) mass is 456 g/mol. The van der Waals surface area contributed by atoms with Gasteiger partial charge in [-0.3, -0.25) is 14.2 Å². The van der Waals surface area contributed by atoms with E-state index in [2.05, 4.69) is 6.07 Å². The Morgan fingerprint density at radius 1 is 1.00 bits per heavy atom. The highest BCUT2D eigenvalue weighted by atomic mass is 32.1. The maximum atomic E-state index is 13.5. The van der Waals surface area contributed by atoms with Gasteiger partial charge in [0, 0.05) is 15.3 Å². The molecule has 6 heteroatoms. The minimum Gasteiger partial charge on any atom is -0.288 e. The molecular weight excluding hydrogens is 436 g/mol. The molecule has 4 nitrogen and oxygen atoms in total. The molecule has 0 radical (unpaired) electrons. The van der Waals surface area contributed by atoms with Crippen LogP contribution in [0.2, 0.25) is 0 Å². The van der Waals surface area contributed by atoms with Crippen molar-refractivity contribution in [3.8, 4) is 11.8 Å². The largest absolute Gasteiger partial charge is 0.288 e. The maximum absolute atomic E-state index is 13.5. The quantitative estimate of drug-likeness (QED) is 0.431. The number of nitriles is 1. The van der Waals surface area contributed by atoms with Gasteiger partial charge < -0.3 is 0 Å². The van der Waals surface area contributed by atoms with Crippen molar-refractivity contribution in [1.29, 1.82) is 5.26 Å². The van der Waals surface area contributed by atoms with Gasteiger partial charge >= 0.3 is 0 Å². The predicted octanol–water partition coefficient (Wildman–Crippen LogP) is 4.27. The number of thiophene rings is 1. The highest BCUT2D eigenvalue weighted by Crippen LogP contribution is 2.17. The molecule has 2 aromatic carbocycles. The molecular formula is C26H20N2O2S2. The van der Waals surface area contributed by atoms with Crippen LogP contribution in [0.4, 0.5) is 0 Å². The van der Waals surface area contributed by atoms with E-state index < -0.39 is 5.78 Å². The van der Waals surface area contributed by atoms with Crippen LogP contribution in [-0.4, -0.2) is 10.4 Å². The number of nitrogens with zero attached hydrogens (tertiary/aromatic N) is 2. The number of carbonyl (C=O) groups excluding carboxylic acids is 1. The highest BCUT2D eigenvalue weighted by molar-refractivity contribution is 7.13. The minimum atomic E-state index is -0.397. The normalized spacial score (nSPS) is 12.5. The first kappa shape index (κ1) is 21.7. The van der Waals surface area contributed by atoms with Gasteiger partial charge in [0.05, 0.1) is 10.2 Å². The molecule has 4 aromatic rings. The van der Waals surface area contributed by atoms with Crippen molar-refractivity contribution in [3.63, 3.8) is 0 Å². The van der Waals surface area contributed by atoms with Gasteiger partial charge in [-0.05, 0) is 50.6 Å². The molecule has 0 aliphatic carbocycles. The first-order chi connectivity index (χ1) is 15.4. The third-order valence-electron chi connectivity index (χ3n) is 5.04. The van der Waals surface area contributed by atoms with E-state index in [9.17, 15) is 14.9 Å². The molecule has 0 N–H and O–H groups in total. The summed E-state index contributed by atoms with van der Waals surface area (Å²) in [5.74, 6) is -0.397. The second-order valence-electron chi connectivity index (χ2n) is 7.48. The van der Waals surface area contributed by atoms with E-state index >= 15 is 0 Å². The van der Waals surface area contributed by atoms with Crippen molar-refractivity contribution in [2.75, 3.05) is 0 Å². The van der Waals surface area contributed by atoms with Crippen molar-refractivity contribution in [3.05, 3.63) is 107 Å². The topological polar surface area (TPSA) is 62.9 Å². The van der Waals surface area contributed by atoms with Crippen LogP contribution in [0.15, 0.2) is 65.5 Å². The summed E-state index contributed by atoms with van der Waals surface area (Å²) in [6, 6.07) is 20.5. The third-order valence-corrected chi connectivity index (χ3v) is 7.08. The summed E-state index contributed by atoms with van der Waals surface area (Å²) in [4.78, 5) is 28.8. The van der Waals surface area contributed by atoms with Gasteiger partial charge in [0.25, 0.3) is 5.56 Å². The first-order valence-electron chi connectivity index (χ1n) is 10.0. The van der Waals surface area contributed by atoms with Crippen LogP contribution >= 0.6 is 22.7 Å². The van der Waals surface area contributed by atoms with Crippen LogP contribution < -0.4 is 14.8 Å². The Kier molecular flexibility index (Phi) is 6.04. The van der Waals surface area contributed by atoms with E-state index in [0.717, 1.165) is 20.9 Å². The highest BCUT2D eigenvalue weighted by Gasteiger charge is 2.19. The number of aryl methyl sites for hydroxylation is 3. The summed E-state index contributed by atoms with van der Waals surface area (Å²) >= 11 is 2.76. The Bertz CT molecular complexity index is 1550. The summed E-state index contributed by atoms with van der Waals surface area (Å²) in [7, 11) is 0. The van der Waals surface area contributed by atoms with Gasteiger partial charge in [0.1, 0.15) is 16.3 Å². The van der Waals surface area contributed by atoms with E-state index in [1.807, 2.05) is 63.2 Å². The van der Waals surface area contributed by atoms with E-state index in [-0.39, 0.29) is 11.1 Å². The molecule has 158 valence electrons. The molecule has 0 fully saturated rings. The molecule has 0 spiro atoms. The molecule has 2 aromatic heterocycles. The van der Waals surface area contributed by atoms with Gasteiger partial charge in [0.2, 0.25) is 5.78 Å². The Labute approximate surface area is 193 Å². The lowest BCUT2D eigenvalue weighted by atomic mass is 10.1. The zero-order valence-corrected chi connectivity index (χ0v) is 19.5. The van der Waals surface area contributed by atoms with Gasteiger partial charge in [-0.15, -0.1) is 22.7 Å². The molecule has 32 heavy (non-hydrogen) atoms. The molecule has 0 atom stereocenters. The zero-order chi connectivity index (χ0) is 22.8. The van der Waals surface area contributed by atoms with Crippen molar-refractivity contribution < 1.29 is 4.79 Å². The summed E-state index contributed by atoms with van der Waals surface area (Å²) in [6.07, 6.45) is 1.83. The van der Waals surface area contributed by atoms with E-state index in [1.54, 1.807) is 35.6 Å². The molecule has 0 bridgehead atoms. The first-order valence-corrected chi connectivity index (χ1v) is 11.6. The fourth-order valence-corrected chi connectivity index (χ4v) is 5.50. The molecule has 0 aliphatic heterocycles. The summed E-state index contributed by atoms with van der Waals surface area (Å²) in [5, 5.41) is 9.96. The van der Waals surface area contributed by atoms with Crippen LogP contribution in [0, 0.1) is 32.1 Å². The average molecular weight is 457 g/mol. The molecule has 0 saturated heterocycles. The Hall–Kier alpha value is -3.53. The predicted molar refractivity (Wildman–Crippen MR) is 131 cm³/mol. The van der Waals surface area contributed by atoms with Crippen LogP contribution in [0.25, 0.3) is 17.3 Å². The molecule has 0 saturated carbocycles. The second kappa shape index (κ2) is 8.91. The lowest BCUT2D eigenvalue weighted by Gasteiger charge is -2.08. The number of hydrogen-bond donors (Lipinski definition) is 0. The lowest BCUT2D eigenvalue weighted by Crippen LogP contribution is -2.32. The fraction of sp³-hybridized carbons (Fsp3) is 0.115. The smallest absolute Gasteiger partial charge is 0.273 e. The van der Waals surface area contributed by atoms with E-state index in [0.29, 0.717) is 20.4 Å². The number of ketones is 1. The van der Waals surface area contributed by atoms with E-state index in [4.69, 9.17) is 0 Å². The van der Waals surface area contributed by atoms with Crippen molar-refractivity contribution in [2.45, 2.75) is 20.8 Å². The SMILES string of the molecule is Cc1ccc(-n2c(=O)/c(=C/c3ccc(C)s3)s/c2=C(\C#N)C(=O)c2ccccc2)c(C)c1. The zero-order valence-electron chi connectivity index (χ0n) is 17.9. The summed E-state index contributed by atoms with van der Waals surface area (Å²) < 4.78 is 2.33. The lowest BCUT2D eigenvalue weighted by molar-refractivity contribution is 0.105.